The van der Waals surface area contributed by atoms with Gasteiger partial charge in [-0.25, -0.2) is 0 Å². The molecule has 0 aliphatic carbocycles. The van der Waals surface area contributed by atoms with E-state index in [0.29, 0.717) is 11.7 Å². The van der Waals surface area contributed by atoms with Crippen LogP contribution in [0.3, 0.4) is 0 Å². The van der Waals surface area contributed by atoms with Crippen LogP contribution in [0, 0.1) is 0 Å². The summed E-state index contributed by atoms with van der Waals surface area (Å²) in [6.45, 7) is 5.99. The van der Waals surface area contributed by atoms with Crippen LogP contribution in [0.4, 0.5) is 0 Å². The molecule has 0 radical (unpaired) electrons. The third-order valence-corrected chi connectivity index (χ3v) is 6.20. The molecule has 1 aromatic carbocycles. The minimum Gasteiger partial charge on any atom is -0.299 e. The molecule has 2 aromatic rings. The van der Waals surface area contributed by atoms with Crippen molar-refractivity contribution >= 4 is 40.6 Å². The van der Waals surface area contributed by atoms with Crippen LogP contribution in [0.15, 0.2) is 32.9 Å². The minimum atomic E-state index is 0.162. The normalized spacial score (nSPS) is 11.0. The third-order valence-electron chi connectivity index (χ3n) is 2.80. The van der Waals surface area contributed by atoms with Crippen LogP contribution in [0.5, 0.6) is 0 Å². The van der Waals surface area contributed by atoms with Crippen molar-refractivity contribution in [3.63, 3.8) is 0 Å². The molecule has 112 valence electrons. The molecule has 0 saturated heterocycles. The van der Waals surface area contributed by atoms with E-state index in [1.165, 1.54) is 22.9 Å². The number of rotatable bonds is 7. The summed E-state index contributed by atoms with van der Waals surface area (Å²) >= 11 is 4.70. The Hall–Kier alpha value is -0.850. The lowest BCUT2D eigenvalue weighted by Gasteiger charge is -2.05. The van der Waals surface area contributed by atoms with Crippen molar-refractivity contribution in [2.24, 2.45) is 0 Å². The quantitative estimate of drug-likeness (QED) is 0.688. The summed E-state index contributed by atoms with van der Waals surface area (Å²) in [5.74, 6) is 2.09. The zero-order valence-corrected chi connectivity index (χ0v) is 14.8. The van der Waals surface area contributed by atoms with Crippen LogP contribution in [-0.4, -0.2) is 21.7 Å². The van der Waals surface area contributed by atoms with Gasteiger partial charge in [-0.3, -0.25) is 4.79 Å². The first-order valence-corrected chi connectivity index (χ1v) is 9.50. The molecular weight excluding hydrogens is 320 g/mol. The summed E-state index contributed by atoms with van der Waals surface area (Å²) in [6, 6.07) is 8.73. The van der Waals surface area contributed by atoms with Gasteiger partial charge in [-0.05, 0) is 24.0 Å². The molecule has 2 rings (SSSR count). The van der Waals surface area contributed by atoms with Gasteiger partial charge in [0.1, 0.15) is 5.78 Å². The summed E-state index contributed by atoms with van der Waals surface area (Å²) in [6.07, 6.45) is 0. The maximum absolute atomic E-state index is 10.9. The van der Waals surface area contributed by atoms with Crippen molar-refractivity contribution in [2.45, 2.75) is 41.1 Å². The monoisotopic (exact) mass is 338 g/mol. The van der Waals surface area contributed by atoms with Gasteiger partial charge in [0.25, 0.3) is 0 Å². The fourth-order valence-electron chi connectivity index (χ4n) is 1.62. The van der Waals surface area contributed by atoms with E-state index in [-0.39, 0.29) is 5.78 Å². The maximum Gasteiger partial charge on any atom is 0.175 e. The molecule has 1 heterocycles. The summed E-state index contributed by atoms with van der Waals surface area (Å²) in [4.78, 5) is 10.9. The molecule has 0 fully saturated rings. The van der Waals surface area contributed by atoms with Gasteiger partial charge in [0.2, 0.25) is 0 Å². The van der Waals surface area contributed by atoms with Crippen molar-refractivity contribution in [1.82, 2.24) is 10.2 Å². The molecule has 0 aliphatic rings. The zero-order chi connectivity index (χ0) is 15.2. The minimum absolute atomic E-state index is 0.162. The van der Waals surface area contributed by atoms with Crippen molar-refractivity contribution in [2.75, 3.05) is 5.75 Å². The number of carbonyl (C=O) groups excluding carboxylic acids is 1. The maximum atomic E-state index is 10.9. The Bertz CT molecular complexity index is 593. The molecular formula is C15H18N2OS3. The van der Waals surface area contributed by atoms with Crippen molar-refractivity contribution in [1.29, 1.82) is 0 Å². The number of carbonyl (C=O) groups is 1. The Kier molecular flexibility index (Phi) is 6.26. The molecule has 3 nitrogen and oxygen atoms in total. The van der Waals surface area contributed by atoms with E-state index in [0.717, 1.165) is 14.4 Å². The van der Waals surface area contributed by atoms with Gasteiger partial charge in [-0.2, -0.15) is 0 Å². The van der Waals surface area contributed by atoms with Gasteiger partial charge >= 0.3 is 0 Å². The average molecular weight is 339 g/mol. The van der Waals surface area contributed by atoms with E-state index in [9.17, 15) is 4.79 Å². The second kappa shape index (κ2) is 7.96. The topological polar surface area (TPSA) is 42.9 Å². The largest absolute Gasteiger partial charge is 0.299 e. The van der Waals surface area contributed by atoms with Crippen molar-refractivity contribution in [3.8, 4) is 0 Å². The second-order valence-electron chi connectivity index (χ2n) is 5.01. The Morgan fingerprint density at radius 2 is 1.76 bits per heavy atom. The van der Waals surface area contributed by atoms with Gasteiger partial charge < -0.3 is 0 Å². The first kappa shape index (κ1) is 16.5. The predicted molar refractivity (Wildman–Crippen MR) is 91.4 cm³/mol. The van der Waals surface area contributed by atoms with E-state index in [2.05, 4.69) is 48.3 Å². The number of Topliss-reactive ketones (excluding diaryl/α,β-unsaturated/α-hetero) is 1. The van der Waals surface area contributed by atoms with Gasteiger partial charge in [0, 0.05) is 5.75 Å². The molecule has 0 N–H and O–H groups in total. The second-order valence-corrected chi connectivity index (χ2v) is 8.43. The Balaban J connectivity index is 1.86. The van der Waals surface area contributed by atoms with Crippen LogP contribution < -0.4 is 0 Å². The van der Waals surface area contributed by atoms with Crippen LogP contribution in [-0.2, 0) is 10.5 Å². The third kappa shape index (κ3) is 5.45. The number of aromatic nitrogens is 2. The standard InChI is InChI=1S/C15H18N2OS3/c1-10(2)13-6-4-12(5-7-13)9-20-15-17-16-14(21-15)19-8-11(3)18/h4-7,10H,8-9H2,1-3H3. The van der Waals surface area contributed by atoms with E-state index in [4.69, 9.17) is 0 Å². The highest BCUT2D eigenvalue weighted by Crippen LogP contribution is 2.30. The van der Waals surface area contributed by atoms with Gasteiger partial charge in [-0.1, -0.05) is 73.0 Å². The van der Waals surface area contributed by atoms with Crippen LogP contribution in [0.25, 0.3) is 0 Å². The van der Waals surface area contributed by atoms with E-state index in [1.54, 1.807) is 30.0 Å². The van der Waals surface area contributed by atoms with E-state index < -0.39 is 0 Å². The molecule has 0 atom stereocenters. The van der Waals surface area contributed by atoms with Crippen LogP contribution >= 0.6 is 34.9 Å². The lowest BCUT2D eigenvalue weighted by atomic mass is 10.0. The highest BCUT2D eigenvalue weighted by molar-refractivity contribution is 8.03. The molecule has 6 heteroatoms. The number of hydrogen-bond donors (Lipinski definition) is 0. The average Bonchev–Trinajstić information content (AvgIpc) is 2.91. The zero-order valence-electron chi connectivity index (χ0n) is 12.3. The summed E-state index contributed by atoms with van der Waals surface area (Å²) in [7, 11) is 0. The fraction of sp³-hybridized carbons (Fsp3) is 0.400. The van der Waals surface area contributed by atoms with Gasteiger partial charge in [0.05, 0.1) is 5.75 Å². The molecule has 0 spiro atoms. The number of nitrogens with zero attached hydrogens (tertiary/aromatic N) is 2. The molecule has 1 aromatic heterocycles. The Labute approximate surface area is 137 Å². The number of thioether (sulfide) groups is 2. The van der Waals surface area contributed by atoms with Crippen molar-refractivity contribution in [3.05, 3.63) is 35.4 Å². The summed E-state index contributed by atoms with van der Waals surface area (Å²) < 4.78 is 1.82. The fourth-order valence-corrected chi connectivity index (χ4v) is 4.40. The molecule has 21 heavy (non-hydrogen) atoms. The summed E-state index contributed by atoms with van der Waals surface area (Å²) in [5, 5.41) is 8.25. The Morgan fingerprint density at radius 1 is 1.14 bits per heavy atom. The highest BCUT2D eigenvalue weighted by Gasteiger charge is 2.07. The van der Waals surface area contributed by atoms with E-state index >= 15 is 0 Å². The predicted octanol–water partition coefficient (Wildman–Crippen LogP) is 4.63. The first-order chi connectivity index (χ1) is 10.0. The summed E-state index contributed by atoms with van der Waals surface area (Å²) in [5.41, 5.74) is 2.65. The number of ketones is 1. The lowest BCUT2D eigenvalue weighted by Crippen LogP contribution is -1.92. The van der Waals surface area contributed by atoms with Crippen LogP contribution in [0.2, 0.25) is 0 Å². The number of benzene rings is 1. The molecule has 0 aliphatic heterocycles. The molecule has 0 saturated carbocycles. The lowest BCUT2D eigenvalue weighted by molar-refractivity contribution is -0.114. The highest BCUT2D eigenvalue weighted by atomic mass is 32.2. The smallest absolute Gasteiger partial charge is 0.175 e. The van der Waals surface area contributed by atoms with Gasteiger partial charge in [-0.15, -0.1) is 10.2 Å². The van der Waals surface area contributed by atoms with Crippen LogP contribution in [0.1, 0.15) is 37.8 Å². The SMILES string of the molecule is CC(=O)CSc1nnc(SCc2ccc(C(C)C)cc2)s1. The van der Waals surface area contributed by atoms with Crippen molar-refractivity contribution < 1.29 is 4.79 Å². The molecule has 0 bridgehead atoms. The van der Waals surface area contributed by atoms with Gasteiger partial charge in [0.15, 0.2) is 8.68 Å². The number of hydrogen-bond acceptors (Lipinski definition) is 6. The van der Waals surface area contributed by atoms with E-state index in [1.807, 2.05) is 0 Å². The Morgan fingerprint density at radius 3 is 2.33 bits per heavy atom. The molecule has 0 unspecified atom stereocenters. The molecule has 0 amide bonds. The first-order valence-electron chi connectivity index (χ1n) is 6.72.